The number of fused-ring (bicyclic) bond motifs is 3. The number of hydrogen-bond donors (Lipinski definition) is 0. The van der Waals surface area contributed by atoms with E-state index in [1.807, 2.05) is 0 Å². The van der Waals surface area contributed by atoms with E-state index in [1.165, 1.54) is 27.4 Å². The van der Waals surface area contributed by atoms with Gasteiger partial charge in [-0.05, 0) is 31.4 Å². The van der Waals surface area contributed by atoms with Crippen LogP contribution in [0.2, 0.25) is 0 Å². The third-order valence-corrected chi connectivity index (χ3v) is 4.83. The van der Waals surface area contributed by atoms with Crippen molar-refractivity contribution in [1.29, 1.82) is 0 Å². The summed E-state index contributed by atoms with van der Waals surface area (Å²) in [7, 11) is 0. The fraction of sp³-hybridized carbons (Fsp3) is 0.227. The fourth-order valence-electron chi connectivity index (χ4n) is 3.56. The zero-order valence-corrected chi connectivity index (χ0v) is 14.2. The number of rotatable bonds is 5. The molecule has 2 nitrogen and oxygen atoms in total. The predicted octanol–water partition coefficient (Wildman–Crippen LogP) is 4.73. The first kappa shape index (κ1) is 14.9. The summed E-state index contributed by atoms with van der Waals surface area (Å²) in [6.07, 6.45) is 6.75. The Bertz CT molecular complexity index is 967. The lowest BCUT2D eigenvalue weighted by atomic mass is 10.1. The Hall–Kier alpha value is -2.61. The maximum Gasteiger partial charge on any atom is 0.193 e. The molecule has 0 bridgehead atoms. The summed E-state index contributed by atoms with van der Waals surface area (Å²) in [5.74, 6) is 0. The first-order chi connectivity index (χ1) is 11.9. The van der Waals surface area contributed by atoms with Crippen LogP contribution in [0.15, 0.2) is 73.1 Å². The quantitative estimate of drug-likeness (QED) is 0.471. The van der Waals surface area contributed by atoms with Gasteiger partial charge in [-0.2, -0.15) is 0 Å². The second kappa shape index (κ2) is 6.48. The minimum Gasteiger partial charge on any atom is -0.336 e. The minimum atomic E-state index is 1.00. The number of pyridine rings is 1. The number of nitrogens with zero attached hydrogens (tertiary/aromatic N) is 2. The summed E-state index contributed by atoms with van der Waals surface area (Å²) >= 11 is 0. The van der Waals surface area contributed by atoms with Crippen LogP contribution in [-0.4, -0.2) is 4.57 Å². The Labute approximate surface area is 143 Å². The van der Waals surface area contributed by atoms with E-state index in [1.54, 1.807) is 0 Å². The molecule has 0 spiro atoms. The van der Waals surface area contributed by atoms with E-state index < -0.39 is 0 Å². The Balaban J connectivity index is 1.71. The summed E-state index contributed by atoms with van der Waals surface area (Å²) in [5, 5.41) is 2.71. The molecule has 2 aromatic carbocycles. The topological polar surface area (TPSA) is 8.81 Å². The van der Waals surface area contributed by atoms with Gasteiger partial charge in [-0.15, -0.1) is 0 Å². The lowest BCUT2D eigenvalue weighted by Gasteiger charge is -2.07. The largest absolute Gasteiger partial charge is 0.336 e. The van der Waals surface area contributed by atoms with Crippen LogP contribution in [-0.2, 0) is 19.5 Å². The van der Waals surface area contributed by atoms with Gasteiger partial charge in [0, 0.05) is 28.9 Å². The van der Waals surface area contributed by atoms with E-state index in [0.717, 1.165) is 25.9 Å². The third-order valence-electron chi connectivity index (χ3n) is 4.83. The van der Waals surface area contributed by atoms with Crippen molar-refractivity contribution < 1.29 is 4.57 Å². The third kappa shape index (κ3) is 2.69. The Kier molecular flexibility index (Phi) is 4.04. The first-order valence-electron chi connectivity index (χ1n) is 8.81. The molecule has 0 atom stereocenters. The van der Waals surface area contributed by atoms with Crippen LogP contribution >= 0.6 is 0 Å². The van der Waals surface area contributed by atoms with Crippen molar-refractivity contribution in [3.63, 3.8) is 0 Å². The highest BCUT2D eigenvalue weighted by Gasteiger charge is 2.13. The predicted molar refractivity (Wildman–Crippen MR) is 100 cm³/mol. The minimum absolute atomic E-state index is 1.00. The maximum absolute atomic E-state index is 2.49. The molecule has 2 aromatic heterocycles. The molecule has 0 saturated carbocycles. The Morgan fingerprint density at radius 2 is 1.58 bits per heavy atom. The number of benzene rings is 2. The molecule has 4 aromatic rings. The lowest BCUT2D eigenvalue weighted by Crippen LogP contribution is -2.31. The molecule has 2 heterocycles. The molecule has 4 rings (SSSR count). The van der Waals surface area contributed by atoms with Gasteiger partial charge in [0.15, 0.2) is 12.4 Å². The van der Waals surface area contributed by atoms with Gasteiger partial charge in [-0.25, -0.2) is 4.57 Å². The van der Waals surface area contributed by atoms with Crippen molar-refractivity contribution in [3.8, 4) is 0 Å². The summed E-state index contributed by atoms with van der Waals surface area (Å²) in [6.45, 7) is 4.24. The average Bonchev–Trinajstić information content (AvgIpc) is 2.96. The van der Waals surface area contributed by atoms with Crippen LogP contribution in [0.3, 0.4) is 0 Å². The van der Waals surface area contributed by atoms with Crippen molar-refractivity contribution in [2.24, 2.45) is 0 Å². The summed E-state index contributed by atoms with van der Waals surface area (Å²) in [5.41, 5.74) is 4.10. The molecule has 120 valence electrons. The zero-order valence-electron chi connectivity index (χ0n) is 14.2. The standard InChI is InChI=1S/C22H23N2/c1-2-23-16-14-20-19-12-6-7-13-21(19)24(22(20)17-23)15-8-11-18-9-4-3-5-10-18/h3-7,9-10,12-14,16-17H,2,8,11,15H2,1H3/q+1. The van der Waals surface area contributed by atoms with Gasteiger partial charge in [-0.3, -0.25) is 0 Å². The second-order valence-corrected chi connectivity index (χ2v) is 6.33. The molecular weight excluding hydrogens is 292 g/mol. The van der Waals surface area contributed by atoms with Crippen molar-refractivity contribution >= 4 is 21.8 Å². The zero-order chi connectivity index (χ0) is 16.4. The second-order valence-electron chi connectivity index (χ2n) is 6.33. The van der Waals surface area contributed by atoms with E-state index in [0.29, 0.717) is 0 Å². The molecule has 0 unspecified atom stereocenters. The molecule has 0 N–H and O–H groups in total. The highest BCUT2D eigenvalue weighted by atomic mass is 15.0. The molecule has 0 saturated heterocycles. The molecule has 0 aliphatic heterocycles. The molecule has 0 aliphatic rings. The molecular formula is C22H23N2+. The van der Waals surface area contributed by atoms with Crippen molar-refractivity contribution in [2.45, 2.75) is 32.9 Å². The van der Waals surface area contributed by atoms with E-state index in [2.05, 4.69) is 89.1 Å². The van der Waals surface area contributed by atoms with Crippen molar-refractivity contribution in [3.05, 3.63) is 78.6 Å². The van der Waals surface area contributed by atoms with Gasteiger partial charge >= 0.3 is 0 Å². The molecule has 2 heteroatoms. The van der Waals surface area contributed by atoms with Crippen LogP contribution < -0.4 is 4.57 Å². The monoisotopic (exact) mass is 315 g/mol. The number of hydrogen-bond acceptors (Lipinski definition) is 0. The smallest absolute Gasteiger partial charge is 0.193 e. The van der Waals surface area contributed by atoms with Gasteiger partial charge in [0.05, 0.1) is 0 Å². The van der Waals surface area contributed by atoms with Gasteiger partial charge in [-0.1, -0.05) is 48.5 Å². The summed E-state index contributed by atoms with van der Waals surface area (Å²) < 4.78 is 4.74. The van der Waals surface area contributed by atoms with Crippen LogP contribution in [0.5, 0.6) is 0 Å². The van der Waals surface area contributed by atoms with Gasteiger partial charge in [0.25, 0.3) is 0 Å². The lowest BCUT2D eigenvalue weighted by molar-refractivity contribution is -0.692. The normalized spacial score (nSPS) is 11.4. The Morgan fingerprint density at radius 3 is 2.42 bits per heavy atom. The molecule has 24 heavy (non-hydrogen) atoms. The molecule has 0 amide bonds. The Morgan fingerprint density at radius 1 is 0.833 bits per heavy atom. The van der Waals surface area contributed by atoms with Crippen molar-refractivity contribution in [1.82, 2.24) is 4.57 Å². The van der Waals surface area contributed by atoms with Crippen molar-refractivity contribution in [2.75, 3.05) is 0 Å². The van der Waals surface area contributed by atoms with E-state index in [4.69, 9.17) is 0 Å². The van der Waals surface area contributed by atoms with Gasteiger partial charge < -0.3 is 4.57 Å². The number of para-hydroxylation sites is 1. The molecule has 0 aliphatic carbocycles. The highest BCUT2D eigenvalue weighted by Crippen LogP contribution is 2.28. The van der Waals surface area contributed by atoms with E-state index >= 15 is 0 Å². The average molecular weight is 315 g/mol. The SMILES string of the molecule is CC[n+]1ccc2c3ccccc3n(CCCc3ccccc3)c2c1. The van der Waals surface area contributed by atoms with Crippen LogP contribution in [0.4, 0.5) is 0 Å². The first-order valence-corrected chi connectivity index (χ1v) is 8.81. The number of aryl methyl sites for hydroxylation is 3. The fourth-order valence-corrected chi connectivity index (χ4v) is 3.56. The van der Waals surface area contributed by atoms with Gasteiger partial charge in [0.1, 0.15) is 12.1 Å². The van der Waals surface area contributed by atoms with Crippen LogP contribution in [0, 0.1) is 0 Å². The van der Waals surface area contributed by atoms with Crippen LogP contribution in [0.25, 0.3) is 21.8 Å². The number of aromatic nitrogens is 2. The van der Waals surface area contributed by atoms with E-state index in [-0.39, 0.29) is 0 Å². The maximum atomic E-state index is 2.49. The van der Waals surface area contributed by atoms with E-state index in [9.17, 15) is 0 Å². The summed E-state index contributed by atoms with van der Waals surface area (Å²) in [6, 6.07) is 21.8. The molecule has 0 fully saturated rings. The summed E-state index contributed by atoms with van der Waals surface area (Å²) in [4.78, 5) is 0. The molecule has 0 radical (unpaired) electrons. The highest BCUT2D eigenvalue weighted by molar-refractivity contribution is 6.07. The van der Waals surface area contributed by atoms with Gasteiger partial charge in [0.2, 0.25) is 0 Å². The van der Waals surface area contributed by atoms with Crippen LogP contribution in [0.1, 0.15) is 18.9 Å².